The first kappa shape index (κ1) is 17.3. The molecule has 142 valence electrons. The number of nitrogens with zero attached hydrogens (tertiary/aromatic N) is 2. The Hall–Kier alpha value is -3.86. The number of hydrogen-bond acceptors (Lipinski definition) is 3. The quantitative estimate of drug-likeness (QED) is 0.540. The monoisotopic (exact) mass is 381 g/mol. The van der Waals surface area contributed by atoms with Gasteiger partial charge in [-0.15, -0.1) is 5.10 Å². The molecule has 0 spiro atoms. The van der Waals surface area contributed by atoms with E-state index in [1.165, 1.54) is 0 Å². The third-order valence-corrected chi connectivity index (χ3v) is 5.10. The molecule has 0 saturated heterocycles. The maximum atomic E-state index is 13.4. The van der Waals surface area contributed by atoms with Gasteiger partial charge < -0.3 is 10.1 Å². The minimum absolute atomic E-state index is 0.130. The van der Waals surface area contributed by atoms with Gasteiger partial charge in [0.2, 0.25) is 5.91 Å². The summed E-state index contributed by atoms with van der Waals surface area (Å²) in [6, 6.07) is 25.1. The average molecular weight is 381 g/mol. The first-order valence-electron chi connectivity index (χ1n) is 9.49. The molecule has 1 aliphatic heterocycles. The first-order chi connectivity index (χ1) is 14.2. The van der Waals surface area contributed by atoms with Crippen LogP contribution in [0.4, 0.5) is 5.82 Å². The van der Waals surface area contributed by atoms with E-state index in [0.717, 1.165) is 22.4 Å². The van der Waals surface area contributed by atoms with Gasteiger partial charge in [-0.3, -0.25) is 4.79 Å². The highest BCUT2D eigenvalue weighted by molar-refractivity contribution is 5.99. The standard InChI is InChI=1S/C24H19N3O2/c1-16-15-27(17-9-3-2-4-10-17)26-23(16)25-24(28)22-18-11-5-7-13-20(18)29-21-14-8-6-12-19(21)22/h2-15,22H,1H3,(H,25,26,28). The maximum absolute atomic E-state index is 13.4. The van der Waals surface area contributed by atoms with Gasteiger partial charge >= 0.3 is 0 Å². The van der Waals surface area contributed by atoms with Crippen LogP contribution in [0.2, 0.25) is 0 Å². The zero-order valence-electron chi connectivity index (χ0n) is 15.9. The second kappa shape index (κ2) is 6.95. The molecule has 2 heterocycles. The number of nitrogens with one attached hydrogen (secondary N) is 1. The molecule has 0 aliphatic carbocycles. The summed E-state index contributed by atoms with van der Waals surface area (Å²) in [5.41, 5.74) is 3.54. The summed E-state index contributed by atoms with van der Waals surface area (Å²) < 4.78 is 7.77. The molecule has 0 unspecified atom stereocenters. The number of aromatic nitrogens is 2. The lowest BCUT2D eigenvalue weighted by Gasteiger charge is -2.27. The Morgan fingerprint density at radius 3 is 2.14 bits per heavy atom. The lowest BCUT2D eigenvalue weighted by atomic mass is 9.87. The summed E-state index contributed by atoms with van der Waals surface area (Å²) in [7, 11) is 0. The summed E-state index contributed by atoms with van der Waals surface area (Å²) >= 11 is 0. The van der Waals surface area contributed by atoms with Crippen LogP contribution < -0.4 is 10.1 Å². The minimum Gasteiger partial charge on any atom is -0.457 e. The lowest BCUT2D eigenvalue weighted by molar-refractivity contribution is -0.116. The molecule has 29 heavy (non-hydrogen) atoms. The highest BCUT2D eigenvalue weighted by Gasteiger charge is 2.32. The van der Waals surface area contributed by atoms with Crippen LogP contribution in [0.3, 0.4) is 0 Å². The average Bonchev–Trinajstić information content (AvgIpc) is 3.12. The smallest absolute Gasteiger partial charge is 0.237 e. The van der Waals surface area contributed by atoms with Crippen molar-refractivity contribution in [3.63, 3.8) is 0 Å². The maximum Gasteiger partial charge on any atom is 0.237 e. The Labute approximate surface area is 168 Å². The molecule has 0 bridgehead atoms. The molecular formula is C24H19N3O2. The van der Waals surface area contributed by atoms with Crippen LogP contribution >= 0.6 is 0 Å². The molecule has 4 aromatic rings. The third-order valence-electron chi connectivity index (χ3n) is 5.10. The fourth-order valence-corrected chi connectivity index (χ4v) is 3.68. The molecule has 5 nitrogen and oxygen atoms in total. The van der Waals surface area contributed by atoms with Gasteiger partial charge in [-0.05, 0) is 31.2 Å². The Bertz CT molecular complexity index is 1150. The number of anilines is 1. The molecule has 5 heteroatoms. The number of hydrogen-bond donors (Lipinski definition) is 1. The van der Waals surface area contributed by atoms with Crippen molar-refractivity contribution < 1.29 is 9.53 Å². The van der Waals surface area contributed by atoms with E-state index in [9.17, 15) is 4.79 Å². The van der Waals surface area contributed by atoms with Gasteiger partial charge in [0.15, 0.2) is 5.82 Å². The van der Waals surface area contributed by atoms with Crippen molar-refractivity contribution in [1.29, 1.82) is 0 Å². The normalized spacial score (nSPS) is 12.6. The van der Waals surface area contributed by atoms with Gasteiger partial charge in [0.05, 0.1) is 11.6 Å². The Morgan fingerprint density at radius 1 is 0.897 bits per heavy atom. The van der Waals surface area contributed by atoms with E-state index >= 15 is 0 Å². The largest absolute Gasteiger partial charge is 0.457 e. The molecule has 1 aromatic heterocycles. The zero-order chi connectivity index (χ0) is 19.8. The van der Waals surface area contributed by atoms with Gasteiger partial charge in [-0.2, -0.15) is 0 Å². The van der Waals surface area contributed by atoms with Crippen molar-refractivity contribution in [2.75, 3.05) is 5.32 Å². The SMILES string of the molecule is Cc1cn(-c2ccccc2)nc1NC(=O)C1c2ccccc2Oc2ccccc21. The van der Waals surface area contributed by atoms with Crippen molar-refractivity contribution in [2.45, 2.75) is 12.8 Å². The fraction of sp³-hybridized carbons (Fsp3) is 0.0833. The van der Waals surface area contributed by atoms with Crippen LogP contribution in [0.5, 0.6) is 11.5 Å². The van der Waals surface area contributed by atoms with Crippen LogP contribution in [0, 0.1) is 6.92 Å². The Balaban J connectivity index is 1.50. The van der Waals surface area contributed by atoms with Crippen molar-refractivity contribution in [3.8, 4) is 17.2 Å². The van der Waals surface area contributed by atoms with Crippen molar-refractivity contribution in [1.82, 2.24) is 9.78 Å². The second-order valence-electron chi connectivity index (χ2n) is 7.04. The Morgan fingerprint density at radius 2 is 1.48 bits per heavy atom. The fourth-order valence-electron chi connectivity index (χ4n) is 3.68. The van der Waals surface area contributed by atoms with E-state index in [1.54, 1.807) is 4.68 Å². The predicted octanol–water partition coefficient (Wildman–Crippen LogP) is 5.06. The van der Waals surface area contributed by atoms with E-state index in [0.29, 0.717) is 17.3 Å². The van der Waals surface area contributed by atoms with Gasteiger partial charge in [0, 0.05) is 22.9 Å². The first-order valence-corrected chi connectivity index (χ1v) is 9.49. The number of rotatable bonds is 3. The van der Waals surface area contributed by atoms with Crippen LogP contribution in [0.1, 0.15) is 22.6 Å². The van der Waals surface area contributed by atoms with Gasteiger partial charge in [0.1, 0.15) is 11.5 Å². The van der Waals surface area contributed by atoms with Crippen molar-refractivity contribution in [2.24, 2.45) is 0 Å². The van der Waals surface area contributed by atoms with E-state index in [1.807, 2.05) is 92.0 Å². The number of amides is 1. The Kier molecular flexibility index (Phi) is 4.13. The minimum atomic E-state index is -0.461. The summed E-state index contributed by atoms with van der Waals surface area (Å²) in [6.45, 7) is 1.94. The highest BCUT2D eigenvalue weighted by atomic mass is 16.5. The molecule has 3 aromatic carbocycles. The molecule has 1 amide bonds. The van der Waals surface area contributed by atoms with Crippen LogP contribution in [-0.4, -0.2) is 15.7 Å². The van der Waals surface area contributed by atoms with E-state index in [4.69, 9.17) is 4.74 Å². The molecule has 0 saturated carbocycles. The number of benzene rings is 3. The van der Waals surface area contributed by atoms with Gasteiger partial charge in [0.25, 0.3) is 0 Å². The number of aryl methyl sites for hydroxylation is 1. The summed E-state index contributed by atoms with van der Waals surface area (Å²) in [5, 5.41) is 7.61. The van der Waals surface area contributed by atoms with Crippen molar-refractivity contribution >= 4 is 11.7 Å². The van der Waals surface area contributed by atoms with Crippen LogP contribution in [-0.2, 0) is 4.79 Å². The summed E-state index contributed by atoms with van der Waals surface area (Å²) in [4.78, 5) is 13.4. The van der Waals surface area contributed by atoms with Crippen molar-refractivity contribution in [3.05, 3.63) is 102 Å². The predicted molar refractivity (Wildman–Crippen MR) is 112 cm³/mol. The second-order valence-corrected chi connectivity index (χ2v) is 7.04. The van der Waals surface area contributed by atoms with E-state index < -0.39 is 5.92 Å². The van der Waals surface area contributed by atoms with E-state index in [-0.39, 0.29) is 5.91 Å². The number of para-hydroxylation sites is 3. The van der Waals surface area contributed by atoms with Crippen LogP contribution in [0.25, 0.3) is 5.69 Å². The number of fused-ring (bicyclic) bond motifs is 2. The molecule has 1 aliphatic rings. The van der Waals surface area contributed by atoms with Gasteiger partial charge in [-0.1, -0.05) is 54.6 Å². The van der Waals surface area contributed by atoms with E-state index in [2.05, 4.69) is 10.4 Å². The topological polar surface area (TPSA) is 56.2 Å². The lowest BCUT2D eigenvalue weighted by Crippen LogP contribution is -2.25. The molecule has 0 atom stereocenters. The zero-order valence-corrected chi connectivity index (χ0v) is 15.9. The molecule has 1 N–H and O–H groups in total. The third kappa shape index (κ3) is 3.06. The molecule has 5 rings (SSSR count). The number of ether oxygens (including phenoxy) is 1. The molecule has 0 radical (unpaired) electrons. The molecular weight excluding hydrogens is 362 g/mol. The molecule has 0 fully saturated rings. The van der Waals surface area contributed by atoms with Crippen LogP contribution in [0.15, 0.2) is 85.1 Å². The summed E-state index contributed by atoms with van der Waals surface area (Å²) in [6.07, 6.45) is 1.91. The number of carbonyl (C=O) groups is 1. The number of carbonyl (C=O) groups excluding carboxylic acids is 1. The highest BCUT2D eigenvalue weighted by Crippen LogP contribution is 2.44. The van der Waals surface area contributed by atoms with Gasteiger partial charge in [-0.25, -0.2) is 4.68 Å². The summed E-state index contributed by atoms with van der Waals surface area (Å²) in [5.74, 6) is 1.38.